The van der Waals surface area contributed by atoms with Gasteiger partial charge in [-0.25, -0.2) is 4.79 Å². The standard InChI is InChI=1S/C29H42O3/c1-26(2,3)21-20(25(31)32-29(10,11)12)19(18-16-14-13-15-17-18)22(27(4,5)6)24(30)23(21)28(7,8)9/h13-17,30H,1-12H3. The maximum Gasteiger partial charge on any atom is 0.339 e. The van der Waals surface area contributed by atoms with E-state index in [1.807, 2.05) is 51.1 Å². The summed E-state index contributed by atoms with van der Waals surface area (Å²) in [6.07, 6.45) is 0. The van der Waals surface area contributed by atoms with E-state index in [4.69, 9.17) is 4.74 Å². The fraction of sp³-hybridized carbons (Fsp3) is 0.552. The van der Waals surface area contributed by atoms with Gasteiger partial charge in [-0.3, -0.25) is 0 Å². The van der Waals surface area contributed by atoms with Gasteiger partial charge < -0.3 is 9.84 Å². The minimum Gasteiger partial charge on any atom is -0.507 e. The number of ether oxygens (including phenoxy) is 1. The van der Waals surface area contributed by atoms with Crippen LogP contribution in [0.2, 0.25) is 0 Å². The summed E-state index contributed by atoms with van der Waals surface area (Å²) in [5.41, 5.74) is 2.87. The predicted octanol–water partition coefficient (Wildman–Crippen LogP) is 7.91. The van der Waals surface area contributed by atoms with Gasteiger partial charge in [0.25, 0.3) is 0 Å². The molecule has 2 aromatic carbocycles. The number of aromatic hydroxyl groups is 1. The Kier molecular flexibility index (Phi) is 6.69. The van der Waals surface area contributed by atoms with Crippen molar-refractivity contribution in [3.63, 3.8) is 0 Å². The van der Waals surface area contributed by atoms with Crippen LogP contribution in [0.5, 0.6) is 5.75 Å². The summed E-state index contributed by atoms with van der Waals surface area (Å²) < 4.78 is 5.98. The average Bonchev–Trinajstić information content (AvgIpc) is 2.56. The molecule has 3 heteroatoms. The molecule has 0 atom stereocenters. The summed E-state index contributed by atoms with van der Waals surface area (Å²) in [5, 5.41) is 11.8. The molecule has 0 heterocycles. The molecule has 0 amide bonds. The second kappa shape index (κ2) is 8.24. The van der Waals surface area contributed by atoms with Crippen molar-refractivity contribution in [1.82, 2.24) is 0 Å². The Morgan fingerprint density at radius 2 is 1.12 bits per heavy atom. The normalized spacial score (nSPS) is 13.2. The van der Waals surface area contributed by atoms with Gasteiger partial charge in [-0.15, -0.1) is 0 Å². The van der Waals surface area contributed by atoms with E-state index in [2.05, 4.69) is 62.3 Å². The first-order valence-electron chi connectivity index (χ1n) is 11.5. The minimum atomic E-state index is -0.637. The van der Waals surface area contributed by atoms with Crippen LogP contribution in [0.25, 0.3) is 11.1 Å². The third kappa shape index (κ3) is 5.36. The fourth-order valence-electron chi connectivity index (χ4n) is 4.37. The van der Waals surface area contributed by atoms with E-state index in [-0.39, 0.29) is 17.1 Å². The van der Waals surface area contributed by atoms with Gasteiger partial charge in [-0.2, -0.15) is 0 Å². The number of esters is 1. The Balaban J connectivity index is 3.28. The number of rotatable bonds is 2. The third-order valence-corrected chi connectivity index (χ3v) is 5.39. The van der Waals surface area contributed by atoms with Crippen molar-refractivity contribution >= 4 is 5.97 Å². The van der Waals surface area contributed by atoms with E-state index in [0.29, 0.717) is 5.56 Å². The molecule has 2 aromatic rings. The molecule has 32 heavy (non-hydrogen) atoms. The lowest BCUT2D eigenvalue weighted by atomic mass is 9.67. The number of phenolic OH excluding ortho intramolecular Hbond substituents is 1. The van der Waals surface area contributed by atoms with Gasteiger partial charge in [0, 0.05) is 16.7 Å². The van der Waals surface area contributed by atoms with Crippen LogP contribution in [0.3, 0.4) is 0 Å². The molecule has 176 valence electrons. The maximum atomic E-state index is 13.9. The fourth-order valence-corrected chi connectivity index (χ4v) is 4.37. The Bertz CT molecular complexity index is 987. The molecule has 3 nitrogen and oxygen atoms in total. The highest BCUT2D eigenvalue weighted by Gasteiger charge is 2.40. The van der Waals surface area contributed by atoms with Crippen molar-refractivity contribution in [2.45, 2.75) is 105 Å². The van der Waals surface area contributed by atoms with E-state index >= 15 is 0 Å². The number of hydrogen-bond donors (Lipinski definition) is 1. The van der Waals surface area contributed by atoms with E-state index in [1.165, 1.54) is 0 Å². The zero-order chi connectivity index (χ0) is 24.9. The van der Waals surface area contributed by atoms with E-state index in [0.717, 1.165) is 27.8 Å². The average molecular weight is 439 g/mol. The molecule has 0 spiro atoms. The van der Waals surface area contributed by atoms with Gasteiger partial charge in [0.1, 0.15) is 11.4 Å². The van der Waals surface area contributed by atoms with E-state index < -0.39 is 16.4 Å². The zero-order valence-corrected chi connectivity index (χ0v) is 22.2. The van der Waals surface area contributed by atoms with Crippen LogP contribution in [-0.4, -0.2) is 16.7 Å². The summed E-state index contributed by atoms with van der Waals surface area (Å²) in [5.74, 6) is -0.0710. The second-order valence-corrected chi connectivity index (χ2v) is 12.8. The van der Waals surface area contributed by atoms with Crippen LogP contribution in [0.1, 0.15) is 110 Å². The molecule has 0 unspecified atom stereocenters. The molecule has 0 aliphatic rings. The lowest BCUT2D eigenvalue weighted by molar-refractivity contribution is 0.00675. The van der Waals surface area contributed by atoms with Crippen molar-refractivity contribution in [2.24, 2.45) is 0 Å². The number of benzene rings is 2. The maximum absolute atomic E-state index is 13.9. The number of hydrogen-bond acceptors (Lipinski definition) is 3. The topological polar surface area (TPSA) is 46.5 Å². The molecular formula is C29H42O3. The highest BCUT2D eigenvalue weighted by molar-refractivity contribution is 6.02. The van der Waals surface area contributed by atoms with E-state index in [1.54, 1.807) is 0 Å². The summed E-state index contributed by atoms with van der Waals surface area (Å²) in [4.78, 5) is 13.9. The van der Waals surface area contributed by atoms with Crippen molar-refractivity contribution < 1.29 is 14.6 Å². The van der Waals surface area contributed by atoms with Crippen molar-refractivity contribution in [1.29, 1.82) is 0 Å². The molecule has 2 rings (SSSR count). The monoisotopic (exact) mass is 438 g/mol. The molecule has 0 bridgehead atoms. The lowest BCUT2D eigenvalue weighted by Gasteiger charge is -2.38. The van der Waals surface area contributed by atoms with Crippen LogP contribution < -0.4 is 0 Å². The van der Waals surface area contributed by atoms with Gasteiger partial charge in [0.15, 0.2) is 0 Å². The Labute approximate surface area is 195 Å². The molecule has 1 N–H and O–H groups in total. The van der Waals surface area contributed by atoms with Crippen LogP contribution >= 0.6 is 0 Å². The first-order chi connectivity index (χ1) is 14.3. The predicted molar refractivity (Wildman–Crippen MR) is 135 cm³/mol. The second-order valence-electron chi connectivity index (χ2n) is 12.8. The van der Waals surface area contributed by atoms with Gasteiger partial charge in [0.2, 0.25) is 0 Å². The van der Waals surface area contributed by atoms with Crippen molar-refractivity contribution in [2.75, 3.05) is 0 Å². The SMILES string of the molecule is CC(C)(C)OC(=O)c1c(-c2ccccc2)c(C(C)(C)C)c(O)c(C(C)(C)C)c1C(C)(C)C. The van der Waals surface area contributed by atoms with Gasteiger partial charge in [0.05, 0.1) is 5.56 Å². The van der Waals surface area contributed by atoms with Gasteiger partial charge in [-0.1, -0.05) is 92.6 Å². The molecule has 0 aliphatic heterocycles. The first-order valence-corrected chi connectivity index (χ1v) is 11.5. The quantitative estimate of drug-likeness (QED) is 0.485. The number of carbonyl (C=O) groups excluding carboxylic acids is 1. The van der Waals surface area contributed by atoms with Crippen LogP contribution in [0.15, 0.2) is 30.3 Å². The first kappa shape index (κ1) is 26.0. The summed E-state index contributed by atoms with van der Waals surface area (Å²) in [7, 11) is 0. The molecule has 0 radical (unpaired) electrons. The number of carbonyl (C=O) groups is 1. The Morgan fingerprint density at radius 1 is 0.688 bits per heavy atom. The van der Waals surface area contributed by atoms with Crippen LogP contribution in [-0.2, 0) is 21.0 Å². The van der Waals surface area contributed by atoms with Crippen molar-refractivity contribution in [3.05, 3.63) is 52.6 Å². The number of phenols is 1. The summed E-state index contributed by atoms with van der Waals surface area (Å²) >= 11 is 0. The Morgan fingerprint density at radius 3 is 1.50 bits per heavy atom. The largest absolute Gasteiger partial charge is 0.507 e. The minimum absolute atomic E-state index is 0.279. The molecule has 0 fully saturated rings. The summed E-state index contributed by atoms with van der Waals surface area (Å²) in [6, 6.07) is 9.89. The molecule has 0 aromatic heterocycles. The zero-order valence-electron chi connectivity index (χ0n) is 22.2. The van der Waals surface area contributed by atoms with Crippen LogP contribution in [0, 0.1) is 0 Å². The third-order valence-electron chi connectivity index (χ3n) is 5.39. The van der Waals surface area contributed by atoms with Gasteiger partial charge >= 0.3 is 5.97 Å². The highest BCUT2D eigenvalue weighted by atomic mass is 16.6. The highest BCUT2D eigenvalue weighted by Crippen LogP contribution is 2.51. The molecule has 0 aliphatic carbocycles. The smallest absolute Gasteiger partial charge is 0.339 e. The lowest BCUT2D eigenvalue weighted by Crippen LogP contribution is -2.32. The van der Waals surface area contributed by atoms with E-state index in [9.17, 15) is 9.90 Å². The molecular weight excluding hydrogens is 396 g/mol. The van der Waals surface area contributed by atoms with Gasteiger partial charge in [-0.05, 0) is 48.1 Å². The Hall–Kier alpha value is -2.29. The molecule has 0 saturated heterocycles. The van der Waals surface area contributed by atoms with Crippen LogP contribution in [0.4, 0.5) is 0 Å². The summed E-state index contributed by atoms with van der Waals surface area (Å²) in [6.45, 7) is 24.5. The molecule has 0 saturated carbocycles. The van der Waals surface area contributed by atoms with Crippen molar-refractivity contribution in [3.8, 4) is 16.9 Å².